The molecule has 1 fully saturated rings. The van der Waals surface area contributed by atoms with E-state index in [0.717, 1.165) is 36.2 Å². The van der Waals surface area contributed by atoms with Gasteiger partial charge in [-0.05, 0) is 42.3 Å². The molecule has 14 heteroatoms. The van der Waals surface area contributed by atoms with Crippen LogP contribution in [0.15, 0.2) is 86.0 Å². The second-order valence-electron chi connectivity index (χ2n) is 12.0. The molecular formula is C35H36N2O12. The number of phenols is 1. The first kappa shape index (κ1) is 34.0. The minimum Gasteiger partial charge on any atom is -0.550 e. The summed E-state index contributed by atoms with van der Waals surface area (Å²) in [7, 11) is 0. The van der Waals surface area contributed by atoms with Crippen LogP contribution in [0.5, 0.6) is 11.5 Å². The van der Waals surface area contributed by atoms with Crippen LogP contribution in [0.1, 0.15) is 39.0 Å². The van der Waals surface area contributed by atoms with Gasteiger partial charge in [0.25, 0.3) is 0 Å². The van der Waals surface area contributed by atoms with Crippen LogP contribution >= 0.6 is 0 Å². The fourth-order valence-corrected chi connectivity index (χ4v) is 6.04. The summed E-state index contributed by atoms with van der Waals surface area (Å²) in [6.07, 6.45) is 0.360. The van der Waals surface area contributed by atoms with E-state index in [9.17, 15) is 34.8 Å². The Morgan fingerprint density at radius 3 is 2.65 bits per heavy atom. The number of hydroxylamine groups is 2. The van der Waals surface area contributed by atoms with E-state index in [2.05, 4.69) is 11.9 Å². The summed E-state index contributed by atoms with van der Waals surface area (Å²) in [5, 5.41) is 43.6. The van der Waals surface area contributed by atoms with Gasteiger partial charge in [-0.3, -0.25) is 14.6 Å². The Labute approximate surface area is 280 Å². The highest BCUT2D eigenvalue weighted by Crippen LogP contribution is 2.30. The fraction of sp³-hybridized carbons (Fsp3) is 0.371. The Morgan fingerprint density at radius 1 is 1.10 bits per heavy atom. The van der Waals surface area contributed by atoms with Crippen LogP contribution in [-0.2, 0) is 23.9 Å². The number of unbranched alkanes of at least 4 members (excludes halogenated alkanes) is 2. The lowest BCUT2D eigenvalue weighted by Gasteiger charge is -2.41. The van der Waals surface area contributed by atoms with Gasteiger partial charge in [0.1, 0.15) is 60.5 Å². The van der Waals surface area contributed by atoms with Gasteiger partial charge in [-0.1, -0.05) is 31.9 Å². The predicted octanol–water partition coefficient (Wildman–Crippen LogP) is 0.676. The van der Waals surface area contributed by atoms with E-state index >= 15 is 0 Å². The second-order valence-corrected chi connectivity index (χ2v) is 12.0. The van der Waals surface area contributed by atoms with E-state index in [0.29, 0.717) is 29.2 Å². The van der Waals surface area contributed by atoms with Crippen molar-refractivity contribution in [3.8, 4) is 22.6 Å². The third-order valence-electron chi connectivity index (χ3n) is 8.58. The van der Waals surface area contributed by atoms with Gasteiger partial charge in [0.2, 0.25) is 12.4 Å². The molecule has 0 bridgehead atoms. The number of phenolic OH excluding ortho intramolecular Hbond substituents is 1. The zero-order valence-electron chi connectivity index (χ0n) is 26.6. The molecule has 6 atom stereocenters. The summed E-state index contributed by atoms with van der Waals surface area (Å²) in [6, 6.07) is 10.6. The number of ether oxygens (including phenoxy) is 3. The number of hydrogen-bond donors (Lipinski definition) is 4. The van der Waals surface area contributed by atoms with Crippen molar-refractivity contribution in [3.05, 3.63) is 82.0 Å². The molecule has 3 aromatic rings. The topological polar surface area (TPSA) is 202 Å². The van der Waals surface area contributed by atoms with Gasteiger partial charge in [-0.15, -0.1) is 0 Å². The molecule has 1 saturated heterocycles. The van der Waals surface area contributed by atoms with Crippen molar-refractivity contribution in [1.29, 1.82) is 0 Å². The van der Waals surface area contributed by atoms with Crippen molar-refractivity contribution in [3.63, 3.8) is 0 Å². The molecular weight excluding hydrogens is 640 g/mol. The van der Waals surface area contributed by atoms with Crippen LogP contribution in [0.25, 0.3) is 22.1 Å². The first-order chi connectivity index (χ1) is 23.6. The third-order valence-corrected chi connectivity index (χ3v) is 8.58. The SMILES string of the molecule is CCCCCC1=C2N=CC=C2C[NH+]1O[C@H]1[C@@H](Oc2ccc3c(=O)c(-c4ccc(O)cc4)coc3c2)O[C@@H](COC(=O)CC(=O)[O-])[C@H](O)[C@H]1O. The van der Waals surface area contributed by atoms with Crippen molar-refractivity contribution in [2.45, 2.75) is 69.7 Å². The standard InChI is InChI=1S/C35H36N2O12/c1-2-3-4-5-25-30-20(12-13-36-30)16-37(25)49-34-33(44)32(43)27(18-46-29(41)15-28(39)40)48-35(34)47-22-10-11-23-26(14-22)45-17-24(31(23)42)19-6-8-21(38)9-7-19/h6-14,17,27,32-35,38,43-44H,2-5,15-16,18H2,1H3,(H,39,40)/t27-,32-,33+,34+,35-/m0/s1. The zero-order valence-corrected chi connectivity index (χ0v) is 26.6. The number of rotatable bonds is 13. The highest BCUT2D eigenvalue weighted by Gasteiger charge is 2.51. The molecule has 1 unspecified atom stereocenters. The number of esters is 1. The Bertz CT molecular complexity index is 1860. The highest BCUT2D eigenvalue weighted by molar-refractivity contribution is 5.89. The van der Waals surface area contributed by atoms with E-state index in [1.165, 1.54) is 36.6 Å². The molecule has 6 rings (SSSR count). The number of aromatic hydroxyl groups is 1. The smallest absolute Gasteiger partial charge is 0.311 e. The van der Waals surface area contributed by atoms with Gasteiger partial charge < -0.3 is 43.8 Å². The van der Waals surface area contributed by atoms with Gasteiger partial charge in [0.05, 0.1) is 23.3 Å². The largest absolute Gasteiger partial charge is 0.550 e. The quantitative estimate of drug-likeness (QED) is 0.112. The lowest BCUT2D eigenvalue weighted by Crippen LogP contribution is -3.09. The van der Waals surface area contributed by atoms with Gasteiger partial charge in [0, 0.05) is 24.3 Å². The van der Waals surface area contributed by atoms with Crippen molar-refractivity contribution in [2.75, 3.05) is 13.2 Å². The van der Waals surface area contributed by atoms with Crippen LogP contribution in [0, 0.1) is 0 Å². The second kappa shape index (κ2) is 14.7. The number of allylic oxidation sites excluding steroid dienone is 2. The molecule has 4 heterocycles. The van der Waals surface area contributed by atoms with Crippen LogP contribution in [0.4, 0.5) is 0 Å². The van der Waals surface area contributed by atoms with Crippen molar-refractivity contribution in [2.24, 2.45) is 4.99 Å². The summed E-state index contributed by atoms with van der Waals surface area (Å²) in [4.78, 5) is 46.9. The van der Waals surface area contributed by atoms with Crippen LogP contribution in [-0.4, -0.2) is 77.3 Å². The number of fused-ring (bicyclic) bond motifs is 2. The lowest BCUT2D eigenvalue weighted by atomic mass is 9.99. The number of carboxylic acid groups (broad SMARTS) is 1. The predicted molar refractivity (Wildman–Crippen MR) is 170 cm³/mol. The van der Waals surface area contributed by atoms with E-state index in [1.54, 1.807) is 18.3 Å². The van der Waals surface area contributed by atoms with E-state index in [4.69, 9.17) is 23.5 Å². The molecule has 49 heavy (non-hydrogen) atoms. The van der Waals surface area contributed by atoms with Crippen LogP contribution in [0.2, 0.25) is 0 Å². The number of benzene rings is 2. The molecule has 258 valence electrons. The number of aliphatic carboxylic acids is 1. The number of nitrogens with zero attached hydrogens (tertiary/aromatic N) is 1. The number of aliphatic hydroxyl groups is 2. The molecule has 0 spiro atoms. The van der Waals surface area contributed by atoms with Gasteiger partial charge in [-0.2, -0.15) is 9.90 Å². The Hall–Kier alpha value is -4.86. The molecule has 4 N–H and O–H groups in total. The average Bonchev–Trinajstić information content (AvgIpc) is 3.66. The third kappa shape index (κ3) is 7.43. The number of hydrogen-bond acceptors (Lipinski definition) is 13. The number of quaternary nitrogens is 1. The maximum absolute atomic E-state index is 13.3. The molecule has 14 nitrogen and oxygen atoms in total. The van der Waals surface area contributed by atoms with Crippen LogP contribution < -0.4 is 20.3 Å². The molecule has 0 aliphatic carbocycles. The number of carboxylic acids is 1. The lowest BCUT2D eigenvalue weighted by molar-refractivity contribution is -1.06. The summed E-state index contributed by atoms with van der Waals surface area (Å²) < 4.78 is 23.0. The minimum absolute atomic E-state index is 0.0580. The summed E-state index contributed by atoms with van der Waals surface area (Å²) in [5.41, 5.74) is 3.42. The molecule has 3 aliphatic heterocycles. The van der Waals surface area contributed by atoms with E-state index < -0.39 is 55.7 Å². The minimum atomic E-state index is -1.63. The maximum Gasteiger partial charge on any atom is 0.311 e. The first-order valence-corrected chi connectivity index (χ1v) is 16.0. The number of carbonyl (C=O) groups is 2. The molecule has 0 radical (unpaired) electrons. The number of carbonyl (C=O) groups excluding carboxylic acids is 2. The highest BCUT2D eigenvalue weighted by atomic mass is 16.8. The average molecular weight is 677 g/mol. The van der Waals surface area contributed by atoms with Gasteiger partial charge >= 0.3 is 5.97 Å². The fourth-order valence-electron chi connectivity index (χ4n) is 6.04. The Kier molecular flexibility index (Phi) is 10.2. The number of aliphatic hydroxyl groups excluding tert-OH is 2. The van der Waals surface area contributed by atoms with Gasteiger partial charge in [-0.25, -0.2) is 0 Å². The molecule has 3 aliphatic rings. The molecule has 2 aromatic carbocycles. The van der Waals surface area contributed by atoms with Crippen molar-refractivity contribution >= 4 is 29.1 Å². The summed E-state index contributed by atoms with van der Waals surface area (Å²) in [5.74, 6) is -2.51. The Balaban J connectivity index is 1.27. The van der Waals surface area contributed by atoms with E-state index in [-0.39, 0.29) is 27.9 Å². The monoisotopic (exact) mass is 676 g/mol. The number of nitrogens with one attached hydrogen (secondary N) is 1. The summed E-state index contributed by atoms with van der Waals surface area (Å²) >= 11 is 0. The first-order valence-electron chi connectivity index (χ1n) is 16.0. The molecule has 0 amide bonds. The Morgan fingerprint density at radius 2 is 1.90 bits per heavy atom. The van der Waals surface area contributed by atoms with Crippen molar-refractivity contribution in [1.82, 2.24) is 0 Å². The zero-order chi connectivity index (χ0) is 34.7. The normalized spacial score (nSPS) is 24.6. The molecule has 0 saturated carbocycles. The summed E-state index contributed by atoms with van der Waals surface area (Å²) in [6.45, 7) is 1.93. The van der Waals surface area contributed by atoms with Crippen molar-refractivity contribution < 1.29 is 58.5 Å². The molecule has 1 aromatic heterocycles. The van der Waals surface area contributed by atoms with E-state index in [1.807, 2.05) is 6.08 Å². The number of aliphatic imine (C=N–C) groups is 1. The van der Waals surface area contributed by atoms with Crippen LogP contribution in [0.3, 0.4) is 0 Å². The van der Waals surface area contributed by atoms with Gasteiger partial charge in [0.15, 0.2) is 11.1 Å². The maximum atomic E-state index is 13.3.